The first kappa shape index (κ1) is 18.5. The van der Waals surface area contributed by atoms with Crippen molar-refractivity contribution in [1.82, 2.24) is 4.90 Å². The van der Waals surface area contributed by atoms with Crippen LogP contribution in [0.2, 0.25) is 0 Å². The summed E-state index contributed by atoms with van der Waals surface area (Å²) in [5, 5.41) is 3.34. The lowest BCUT2D eigenvalue weighted by Crippen LogP contribution is -3.13. The average Bonchev–Trinajstić information content (AvgIpc) is 2.67. The largest absolute Gasteiger partial charge is 0.376 e. The van der Waals surface area contributed by atoms with Gasteiger partial charge in [-0.05, 0) is 17.5 Å². The number of quaternary nitrogens is 1. The smallest absolute Gasteiger partial charge is 0.242 e. The number of piperazine rings is 1. The van der Waals surface area contributed by atoms with Gasteiger partial charge < -0.3 is 15.1 Å². The highest BCUT2D eigenvalue weighted by Crippen LogP contribution is 2.23. The maximum absolute atomic E-state index is 12.6. The van der Waals surface area contributed by atoms with Gasteiger partial charge in [-0.15, -0.1) is 0 Å². The summed E-state index contributed by atoms with van der Waals surface area (Å²) in [4.78, 5) is 16.1. The van der Waals surface area contributed by atoms with Gasteiger partial charge >= 0.3 is 0 Å². The van der Waals surface area contributed by atoms with Crippen LogP contribution in [0.5, 0.6) is 0 Å². The van der Waals surface area contributed by atoms with Gasteiger partial charge in [-0.2, -0.15) is 0 Å². The van der Waals surface area contributed by atoms with Crippen LogP contribution in [0.25, 0.3) is 0 Å². The van der Waals surface area contributed by atoms with Crippen LogP contribution in [0.4, 0.5) is 5.69 Å². The van der Waals surface area contributed by atoms with Crippen molar-refractivity contribution in [2.45, 2.75) is 26.3 Å². The minimum Gasteiger partial charge on any atom is -0.376 e. The van der Waals surface area contributed by atoms with E-state index in [0.717, 1.165) is 38.4 Å². The number of hydrogen-bond donors (Lipinski definition) is 2. The van der Waals surface area contributed by atoms with Crippen LogP contribution in [-0.4, -0.2) is 43.5 Å². The van der Waals surface area contributed by atoms with E-state index in [4.69, 9.17) is 0 Å². The molecule has 0 saturated carbocycles. The molecule has 4 heteroatoms. The molecule has 0 radical (unpaired) electrons. The Morgan fingerprint density at radius 3 is 2.38 bits per heavy atom. The maximum Gasteiger partial charge on any atom is 0.242 e. The molecule has 1 aliphatic rings. The summed E-state index contributed by atoms with van der Waals surface area (Å²) in [7, 11) is 0. The van der Waals surface area contributed by atoms with E-state index < -0.39 is 0 Å². The fourth-order valence-corrected chi connectivity index (χ4v) is 3.58. The SMILES string of the molecule is CC(C)c1ccccc1NCC(=O)N1CC[NH+](Cc2ccccc2)CC1. The minimum atomic E-state index is 0.197. The molecule has 2 aromatic rings. The van der Waals surface area contributed by atoms with E-state index in [1.54, 1.807) is 4.90 Å². The lowest BCUT2D eigenvalue weighted by Gasteiger charge is -2.32. The predicted octanol–water partition coefficient (Wildman–Crippen LogP) is 2.15. The summed E-state index contributed by atoms with van der Waals surface area (Å²) in [6.45, 7) is 9.49. The van der Waals surface area contributed by atoms with Crippen molar-refractivity contribution in [3.05, 3.63) is 65.7 Å². The van der Waals surface area contributed by atoms with Crippen molar-refractivity contribution in [3.8, 4) is 0 Å². The Hall–Kier alpha value is -2.33. The summed E-state index contributed by atoms with van der Waals surface area (Å²) >= 11 is 0. The van der Waals surface area contributed by atoms with Gasteiger partial charge in [0, 0.05) is 11.3 Å². The first-order chi connectivity index (χ1) is 12.6. The molecule has 0 aromatic heterocycles. The lowest BCUT2D eigenvalue weighted by atomic mass is 10.0. The van der Waals surface area contributed by atoms with Gasteiger partial charge in [-0.3, -0.25) is 4.79 Å². The molecule has 0 atom stereocenters. The summed E-state index contributed by atoms with van der Waals surface area (Å²) in [5.41, 5.74) is 3.70. The molecule has 4 nitrogen and oxygen atoms in total. The van der Waals surface area contributed by atoms with Gasteiger partial charge in [-0.1, -0.05) is 62.4 Å². The van der Waals surface area contributed by atoms with Crippen molar-refractivity contribution >= 4 is 11.6 Å². The quantitative estimate of drug-likeness (QED) is 0.836. The number of hydrogen-bond acceptors (Lipinski definition) is 2. The van der Waals surface area contributed by atoms with Gasteiger partial charge in [0.1, 0.15) is 6.54 Å². The lowest BCUT2D eigenvalue weighted by molar-refractivity contribution is -0.917. The monoisotopic (exact) mass is 352 g/mol. The van der Waals surface area contributed by atoms with Gasteiger partial charge in [0.05, 0.1) is 32.7 Å². The average molecular weight is 353 g/mol. The number of para-hydroxylation sites is 1. The fraction of sp³-hybridized carbons (Fsp3) is 0.409. The molecule has 1 aliphatic heterocycles. The highest BCUT2D eigenvalue weighted by molar-refractivity contribution is 5.81. The zero-order valence-corrected chi connectivity index (χ0v) is 15.9. The number of carbonyl (C=O) groups is 1. The van der Waals surface area contributed by atoms with E-state index in [1.807, 2.05) is 11.0 Å². The van der Waals surface area contributed by atoms with Crippen LogP contribution in [0, 0.1) is 0 Å². The number of rotatable bonds is 6. The van der Waals surface area contributed by atoms with Gasteiger partial charge in [0.2, 0.25) is 5.91 Å². The van der Waals surface area contributed by atoms with Gasteiger partial charge in [0.25, 0.3) is 0 Å². The zero-order chi connectivity index (χ0) is 18.4. The zero-order valence-electron chi connectivity index (χ0n) is 15.9. The van der Waals surface area contributed by atoms with Gasteiger partial charge in [-0.25, -0.2) is 0 Å². The molecule has 0 unspecified atom stereocenters. The summed E-state index contributed by atoms with van der Waals surface area (Å²) in [6.07, 6.45) is 0. The number of benzene rings is 2. The molecular weight excluding hydrogens is 322 g/mol. The third kappa shape index (κ3) is 4.85. The Bertz CT molecular complexity index is 706. The van der Waals surface area contributed by atoms with E-state index in [-0.39, 0.29) is 5.91 Å². The Labute approximate surface area is 156 Å². The molecule has 1 amide bonds. The van der Waals surface area contributed by atoms with Crippen LogP contribution in [0.3, 0.4) is 0 Å². The first-order valence-corrected chi connectivity index (χ1v) is 9.61. The minimum absolute atomic E-state index is 0.197. The van der Waals surface area contributed by atoms with E-state index in [9.17, 15) is 4.79 Å². The van der Waals surface area contributed by atoms with Crippen molar-refractivity contribution in [3.63, 3.8) is 0 Å². The molecule has 0 spiro atoms. The normalized spacial score (nSPS) is 15.3. The summed E-state index contributed by atoms with van der Waals surface area (Å²) in [6, 6.07) is 18.9. The molecule has 26 heavy (non-hydrogen) atoms. The van der Waals surface area contributed by atoms with E-state index >= 15 is 0 Å². The Morgan fingerprint density at radius 1 is 1.04 bits per heavy atom. The molecule has 1 heterocycles. The van der Waals surface area contributed by atoms with Crippen molar-refractivity contribution in [2.75, 3.05) is 38.0 Å². The molecule has 0 bridgehead atoms. The number of nitrogens with zero attached hydrogens (tertiary/aromatic N) is 1. The Balaban J connectivity index is 1.47. The van der Waals surface area contributed by atoms with Crippen LogP contribution >= 0.6 is 0 Å². The highest BCUT2D eigenvalue weighted by atomic mass is 16.2. The Morgan fingerprint density at radius 2 is 1.69 bits per heavy atom. The van der Waals surface area contributed by atoms with Gasteiger partial charge in [0.15, 0.2) is 0 Å². The molecule has 0 aliphatic carbocycles. The highest BCUT2D eigenvalue weighted by Gasteiger charge is 2.23. The van der Waals surface area contributed by atoms with Crippen LogP contribution < -0.4 is 10.2 Å². The molecule has 2 aromatic carbocycles. The van der Waals surface area contributed by atoms with Crippen LogP contribution in [0.15, 0.2) is 54.6 Å². The number of anilines is 1. The molecule has 138 valence electrons. The summed E-state index contributed by atoms with van der Waals surface area (Å²) < 4.78 is 0. The van der Waals surface area contributed by atoms with Crippen molar-refractivity contribution in [1.29, 1.82) is 0 Å². The van der Waals surface area contributed by atoms with E-state index in [0.29, 0.717) is 12.5 Å². The number of nitrogens with one attached hydrogen (secondary N) is 2. The topological polar surface area (TPSA) is 36.8 Å². The number of carbonyl (C=O) groups excluding carboxylic acids is 1. The van der Waals surface area contributed by atoms with Crippen LogP contribution in [-0.2, 0) is 11.3 Å². The fourth-order valence-electron chi connectivity index (χ4n) is 3.58. The number of amides is 1. The molecule has 2 N–H and O–H groups in total. The third-order valence-corrected chi connectivity index (χ3v) is 5.13. The third-order valence-electron chi connectivity index (χ3n) is 5.13. The van der Waals surface area contributed by atoms with E-state index in [1.165, 1.54) is 11.1 Å². The second-order valence-electron chi connectivity index (χ2n) is 7.39. The van der Waals surface area contributed by atoms with E-state index in [2.05, 4.69) is 67.7 Å². The van der Waals surface area contributed by atoms with Crippen molar-refractivity contribution < 1.29 is 9.69 Å². The molecular formula is C22H30N3O+. The maximum atomic E-state index is 12.6. The Kier molecular flexibility index (Phi) is 6.29. The predicted molar refractivity (Wildman–Crippen MR) is 106 cm³/mol. The van der Waals surface area contributed by atoms with Crippen LogP contribution in [0.1, 0.15) is 30.9 Å². The van der Waals surface area contributed by atoms with Crippen molar-refractivity contribution in [2.24, 2.45) is 0 Å². The second kappa shape index (κ2) is 8.86. The molecule has 1 saturated heterocycles. The second-order valence-corrected chi connectivity index (χ2v) is 7.39. The standard InChI is InChI=1S/C22H29N3O/c1-18(2)20-10-6-7-11-21(20)23-16-22(26)25-14-12-24(13-15-25)17-19-8-4-3-5-9-19/h3-11,18,23H,12-17H2,1-2H3/p+1. The molecule has 3 rings (SSSR count). The molecule has 1 fully saturated rings. The first-order valence-electron chi connectivity index (χ1n) is 9.61. The summed E-state index contributed by atoms with van der Waals surface area (Å²) in [5.74, 6) is 0.640.